The Morgan fingerprint density at radius 3 is 2.65 bits per heavy atom. The molecule has 0 saturated carbocycles. The molecule has 1 aromatic carbocycles. The number of nitrogens with one attached hydrogen (secondary N) is 2. The first-order chi connectivity index (χ1) is 16.1. The van der Waals surface area contributed by atoms with E-state index in [1.165, 1.54) is 6.07 Å². The Morgan fingerprint density at radius 1 is 1.26 bits per heavy atom. The van der Waals surface area contributed by atoms with E-state index in [4.69, 9.17) is 16.7 Å². The van der Waals surface area contributed by atoms with Gasteiger partial charge in [-0.1, -0.05) is 11.6 Å². The molecule has 11 nitrogen and oxygen atoms in total. The predicted molar refractivity (Wildman–Crippen MR) is 114 cm³/mol. The first-order valence-corrected chi connectivity index (χ1v) is 10.9. The summed E-state index contributed by atoms with van der Waals surface area (Å²) in [5.41, 5.74) is 0.00191. The fraction of sp³-hybridized carbons (Fsp3) is 0.429. The Bertz CT molecular complexity index is 1040. The van der Waals surface area contributed by atoms with Crippen LogP contribution >= 0.6 is 11.6 Å². The number of fused-ring (bicyclic) bond motifs is 1. The number of aliphatic carboxylic acids is 1. The second-order valence-corrected chi connectivity index (χ2v) is 8.31. The van der Waals surface area contributed by atoms with Gasteiger partial charge in [-0.25, -0.2) is 9.40 Å². The Kier molecular flexibility index (Phi) is 7.82. The fourth-order valence-corrected chi connectivity index (χ4v) is 4.07. The van der Waals surface area contributed by atoms with Gasteiger partial charge >= 0.3 is 5.97 Å². The van der Waals surface area contributed by atoms with Gasteiger partial charge in [0, 0.05) is 18.5 Å². The van der Waals surface area contributed by atoms with Crippen molar-refractivity contribution in [3.8, 4) is 0 Å². The Hall–Kier alpha value is -3.54. The van der Waals surface area contributed by atoms with Crippen molar-refractivity contribution in [2.45, 2.75) is 50.2 Å². The Morgan fingerprint density at radius 2 is 2.00 bits per heavy atom. The van der Waals surface area contributed by atoms with Gasteiger partial charge in [-0.2, -0.15) is 0 Å². The largest absolute Gasteiger partial charge is 0.481 e. The molecular weight excluding hydrogens is 475 g/mol. The number of carboxylic acids is 1. The minimum atomic E-state index is -1.31. The van der Waals surface area contributed by atoms with Gasteiger partial charge in [0.05, 0.1) is 17.5 Å². The number of amides is 4. The van der Waals surface area contributed by atoms with Gasteiger partial charge in [-0.15, -0.1) is 0 Å². The van der Waals surface area contributed by atoms with Crippen molar-refractivity contribution >= 4 is 47.5 Å². The van der Waals surface area contributed by atoms with Crippen LogP contribution < -0.4 is 10.6 Å². The average molecular weight is 497 g/mol. The number of carbonyl (C=O) groups excluding carboxylic acids is 5. The van der Waals surface area contributed by atoms with E-state index in [1.807, 2.05) is 0 Å². The minimum absolute atomic E-state index is 0.00191. The van der Waals surface area contributed by atoms with Crippen LogP contribution in [0.3, 0.4) is 0 Å². The Balaban J connectivity index is 1.82. The third-order valence-electron chi connectivity index (χ3n) is 5.54. The summed E-state index contributed by atoms with van der Waals surface area (Å²) < 4.78 is 13.4. The van der Waals surface area contributed by atoms with Crippen molar-refractivity contribution in [3.05, 3.63) is 34.6 Å². The Labute approximate surface area is 198 Å². The van der Waals surface area contributed by atoms with Crippen LogP contribution in [0.2, 0.25) is 5.02 Å². The number of aldehydes is 1. The van der Waals surface area contributed by atoms with Gasteiger partial charge in [-0.05, 0) is 37.5 Å². The third kappa shape index (κ3) is 5.50. The molecule has 182 valence electrons. The van der Waals surface area contributed by atoms with Gasteiger partial charge in [0.25, 0.3) is 11.8 Å². The van der Waals surface area contributed by atoms with Crippen molar-refractivity contribution in [2.75, 3.05) is 6.54 Å². The molecule has 0 radical (unpaired) electrons. The maximum absolute atomic E-state index is 13.4. The number of carboxylic acid groups (broad SMARTS) is 1. The number of benzene rings is 1. The molecule has 2 aliphatic heterocycles. The molecule has 34 heavy (non-hydrogen) atoms. The maximum Gasteiger partial charge on any atom is 0.305 e. The summed E-state index contributed by atoms with van der Waals surface area (Å²) in [4.78, 5) is 73.6. The summed E-state index contributed by atoms with van der Waals surface area (Å²) >= 11 is 5.72. The van der Waals surface area contributed by atoms with Crippen LogP contribution in [-0.4, -0.2) is 75.7 Å². The maximum atomic E-state index is 13.4. The summed E-state index contributed by atoms with van der Waals surface area (Å²) in [7, 11) is 0. The van der Waals surface area contributed by atoms with E-state index in [2.05, 4.69) is 10.6 Å². The summed E-state index contributed by atoms with van der Waals surface area (Å²) in [5, 5.41) is 15.5. The molecule has 4 amide bonds. The topological polar surface area (TPSA) is 153 Å². The average Bonchev–Trinajstić information content (AvgIpc) is 2.92. The summed E-state index contributed by atoms with van der Waals surface area (Å²) in [6.45, 7) is 0.175. The molecular formula is C21H22ClFN4O7. The highest BCUT2D eigenvalue weighted by molar-refractivity contribution is 6.31. The van der Waals surface area contributed by atoms with Crippen LogP contribution in [0.4, 0.5) is 4.39 Å². The van der Waals surface area contributed by atoms with E-state index >= 15 is 0 Å². The van der Waals surface area contributed by atoms with Gasteiger partial charge in [0.15, 0.2) is 0 Å². The summed E-state index contributed by atoms with van der Waals surface area (Å²) in [6, 6.07) is -0.364. The lowest BCUT2D eigenvalue weighted by Crippen LogP contribution is -2.64. The van der Waals surface area contributed by atoms with E-state index in [1.54, 1.807) is 0 Å². The molecule has 2 fully saturated rings. The highest BCUT2D eigenvalue weighted by Gasteiger charge is 2.45. The van der Waals surface area contributed by atoms with Gasteiger partial charge < -0.3 is 20.5 Å². The molecule has 2 saturated heterocycles. The van der Waals surface area contributed by atoms with Crippen LogP contribution in [-0.2, 0) is 24.0 Å². The molecule has 0 aromatic heterocycles. The third-order valence-corrected chi connectivity index (χ3v) is 5.83. The normalized spacial score (nSPS) is 21.2. The van der Waals surface area contributed by atoms with Crippen molar-refractivity contribution in [3.63, 3.8) is 0 Å². The number of rotatable bonds is 7. The van der Waals surface area contributed by atoms with Crippen LogP contribution in [0.5, 0.6) is 0 Å². The molecule has 3 unspecified atom stereocenters. The number of halogens is 2. The number of carbonyl (C=O) groups is 6. The first kappa shape index (κ1) is 25.1. The number of nitrogens with zero attached hydrogens (tertiary/aromatic N) is 2. The zero-order chi connectivity index (χ0) is 25.0. The number of hydrogen-bond donors (Lipinski definition) is 3. The number of hydrogen-bond acceptors (Lipinski definition) is 6. The van der Waals surface area contributed by atoms with E-state index in [0.717, 1.165) is 22.2 Å². The molecule has 0 bridgehead atoms. The summed E-state index contributed by atoms with van der Waals surface area (Å²) in [5.74, 6) is -4.67. The summed E-state index contributed by atoms with van der Waals surface area (Å²) in [6.07, 6.45) is 0.0747. The second-order valence-electron chi connectivity index (χ2n) is 7.90. The van der Waals surface area contributed by atoms with Gasteiger partial charge in [0.2, 0.25) is 11.8 Å². The standard InChI is InChI=1S/C21H22ClFN4O7/c22-13-8-11(3-4-14(13)23)19(32)25-15-5-6-17(29)26-7-1-2-16(27(26)21(15)34)20(33)24-12(10-28)9-18(30)31/h3-4,8,10,12,15-16H,1-2,5-7,9H2,(H,24,33)(H,25,32)(H,30,31). The fourth-order valence-electron chi connectivity index (χ4n) is 3.89. The first-order valence-electron chi connectivity index (χ1n) is 10.5. The van der Waals surface area contributed by atoms with Gasteiger partial charge in [0.1, 0.15) is 24.2 Å². The quantitative estimate of drug-likeness (QED) is 0.458. The molecule has 2 heterocycles. The lowest BCUT2D eigenvalue weighted by molar-refractivity contribution is -0.176. The molecule has 3 N–H and O–H groups in total. The van der Waals surface area contributed by atoms with Crippen molar-refractivity contribution < 1.29 is 38.3 Å². The van der Waals surface area contributed by atoms with Crippen LogP contribution in [0.15, 0.2) is 18.2 Å². The van der Waals surface area contributed by atoms with Crippen molar-refractivity contribution in [1.82, 2.24) is 20.7 Å². The lowest BCUT2D eigenvalue weighted by atomic mass is 10.0. The van der Waals surface area contributed by atoms with Crippen LogP contribution in [0, 0.1) is 5.82 Å². The molecule has 3 atom stereocenters. The molecule has 0 aliphatic carbocycles. The zero-order valence-corrected chi connectivity index (χ0v) is 18.6. The molecule has 3 rings (SSSR count). The monoisotopic (exact) mass is 496 g/mol. The molecule has 2 aliphatic rings. The van der Waals surface area contributed by atoms with Crippen molar-refractivity contribution in [2.24, 2.45) is 0 Å². The van der Waals surface area contributed by atoms with Gasteiger partial charge in [-0.3, -0.25) is 29.0 Å². The van der Waals surface area contributed by atoms with E-state index in [9.17, 15) is 33.2 Å². The minimum Gasteiger partial charge on any atom is -0.481 e. The van der Waals surface area contributed by atoms with E-state index in [0.29, 0.717) is 6.42 Å². The zero-order valence-electron chi connectivity index (χ0n) is 17.8. The number of hydrazine groups is 1. The predicted octanol–water partition coefficient (Wildman–Crippen LogP) is 0.264. The highest BCUT2D eigenvalue weighted by atomic mass is 35.5. The van der Waals surface area contributed by atoms with Crippen LogP contribution in [0.1, 0.15) is 42.5 Å². The lowest BCUT2D eigenvalue weighted by Gasteiger charge is -2.43. The van der Waals surface area contributed by atoms with E-state index < -0.39 is 60.0 Å². The molecule has 0 spiro atoms. The smallest absolute Gasteiger partial charge is 0.305 e. The SMILES string of the molecule is O=CC(CC(=O)O)NC(=O)C1CCCN2C(=O)CCC(NC(=O)c3ccc(F)c(Cl)c3)C(=O)N12. The van der Waals surface area contributed by atoms with Crippen LogP contribution in [0.25, 0.3) is 0 Å². The molecule has 13 heteroatoms. The highest BCUT2D eigenvalue weighted by Crippen LogP contribution is 2.25. The van der Waals surface area contributed by atoms with Crippen molar-refractivity contribution in [1.29, 1.82) is 0 Å². The second kappa shape index (κ2) is 10.6. The molecule has 1 aromatic rings. The van der Waals surface area contributed by atoms with E-state index in [-0.39, 0.29) is 42.7 Å².